The Hall–Kier alpha value is -0.600. The number of halogens is 1. The van der Waals surface area contributed by atoms with E-state index in [1.54, 1.807) is 0 Å². The Morgan fingerprint density at radius 3 is 3.12 bits per heavy atom. The topological polar surface area (TPSA) is 16.1 Å². The molecule has 1 aliphatic heterocycles. The standard InChI is InChI=1S/C13H19ClN2/c1-11-3-2-4-13(15-11)10-16-8-6-12(9-16)5-7-14/h2-4,12H,5-10H2,1H3. The molecule has 88 valence electrons. The third-order valence-corrected chi connectivity index (χ3v) is 3.44. The van der Waals surface area contributed by atoms with Gasteiger partial charge in [0.25, 0.3) is 0 Å². The van der Waals surface area contributed by atoms with Gasteiger partial charge < -0.3 is 0 Å². The molecule has 0 aliphatic carbocycles. The molecule has 1 aromatic rings. The van der Waals surface area contributed by atoms with Crippen molar-refractivity contribution >= 4 is 11.6 Å². The smallest absolute Gasteiger partial charge is 0.0547 e. The van der Waals surface area contributed by atoms with Crippen LogP contribution in [0.25, 0.3) is 0 Å². The van der Waals surface area contributed by atoms with E-state index in [2.05, 4.69) is 22.0 Å². The molecule has 2 nitrogen and oxygen atoms in total. The first-order valence-corrected chi connectivity index (χ1v) is 6.52. The maximum absolute atomic E-state index is 5.78. The van der Waals surface area contributed by atoms with E-state index in [1.807, 2.05) is 13.0 Å². The molecular weight excluding hydrogens is 220 g/mol. The molecule has 2 heterocycles. The van der Waals surface area contributed by atoms with Gasteiger partial charge in [-0.05, 0) is 44.4 Å². The van der Waals surface area contributed by atoms with E-state index in [9.17, 15) is 0 Å². The second-order valence-corrected chi connectivity index (χ2v) is 5.02. The highest BCUT2D eigenvalue weighted by molar-refractivity contribution is 6.17. The molecule has 1 unspecified atom stereocenters. The number of likely N-dealkylation sites (tertiary alicyclic amines) is 1. The quantitative estimate of drug-likeness (QED) is 0.750. The summed E-state index contributed by atoms with van der Waals surface area (Å²) in [6.07, 6.45) is 2.44. The second kappa shape index (κ2) is 5.65. The zero-order chi connectivity index (χ0) is 11.4. The normalized spacial score (nSPS) is 21.5. The van der Waals surface area contributed by atoms with Crippen LogP contribution in [0, 0.1) is 12.8 Å². The summed E-state index contributed by atoms with van der Waals surface area (Å²) < 4.78 is 0. The van der Waals surface area contributed by atoms with Crippen molar-refractivity contribution in [1.29, 1.82) is 0 Å². The summed E-state index contributed by atoms with van der Waals surface area (Å²) in [5.74, 6) is 1.59. The number of hydrogen-bond acceptors (Lipinski definition) is 2. The Morgan fingerprint density at radius 1 is 1.50 bits per heavy atom. The summed E-state index contributed by atoms with van der Waals surface area (Å²) in [5.41, 5.74) is 2.29. The molecule has 0 bridgehead atoms. The van der Waals surface area contributed by atoms with Crippen LogP contribution in [0.5, 0.6) is 0 Å². The maximum Gasteiger partial charge on any atom is 0.0547 e. The van der Waals surface area contributed by atoms with Gasteiger partial charge in [-0.2, -0.15) is 0 Å². The fourth-order valence-corrected chi connectivity index (χ4v) is 2.67. The monoisotopic (exact) mass is 238 g/mol. The Kier molecular flexibility index (Phi) is 4.19. The van der Waals surface area contributed by atoms with Crippen molar-refractivity contribution in [1.82, 2.24) is 9.88 Å². The molecule has 1 aliphatic rings. The van der Waals surface area contributed by atoms with E-state index in [1.165, 1.54) is 25.2 Å². The number of aromatic nitrogens is 1. The Morgan fingerprint density at radius 2 is 2.38 bits per heavy atom. The van der Waals surface area contributed by atoms with Crippen LogP contribution in [0.1, 0.15) is 24.2 Å². The van der Waals surface area contributed by atoms with Crippen molar-refractivity contribution in [3.63, 3.8) is 0 Å². The first-order valence-electron chi connectivity index (χ1n) is 5.99. The summed E-state index contributed by atoms with van der Waals surface area (Å²) in [5, 5.41) is 0. The third kappa shape index (κ3) is 3.19. The maximum atomic E-state index is 5.78. The zero-order valence-electron chi connectivity index (χ0n) is 9.82. The molecule has 16 heavy (non-hydrogen) atoms. The SMILES string of the molecule is Cc1cccc(CN2CCC(CCCl)C2)n1. The van der Waals surface area contributed by atoms with Crippen LogP contribution in [0.2, 0.25) is 0 Å². The van der Waals surface area contributed by atoms with Gasteiger partial charge >= 0.3 is 0 Å². The summed E-state index contributed by atoms with van der Waals surface area (Å²) >= 11 is 5.78. The average molecular weight is 239 g/mol. The van der Waals surface area contributed by atoms with Crippen LogP contribution in [0.4, 0.5) is 0 Å². The molecule has 3 heteroatoms. The molecule has 1 atom stereocenters. The highest BCUT2D eigenvalue weighted by Gasteiger charge is 2.21. The molecule has 1 fully saturated rings. The average Bonchev–Trinajstić information content (AvgIpc) is 2.66. The fourth-order valence-electron chi connectivity index (χ4n) is 2.36. The lowest BCUT2D eigenvalue weighted by Crippen LogP contribution is -2.21. The number of rotatable bonds is 4. The number of pyridine rings is 1. The van der Waals surface area contributed by atoms with Gasteiger partial charge in [-0.1, -0.05) is 6.07 Å². The number of aryl methyl sites for hydroxylation is 1. The molecule has 0 saturated carbocycles. The van der Waals surface area contributed by atoms with Gasteiger partial charge in [0.15, 0.2) is 0 Å². The van der Waals surface area contributed by atoms with Gasteiger partial charge in [-0.25, -0.2) is 0 Å². The largest absolute Gasteiger partial charge is 0.297 e. The van der Waals surface area contributed by atoms with Crippen molar-refractivity contribution in [3.8, 4) is 0 Å². The first-order chi connectivity index (χ1) is 7.78. The van der Waals surface area contributed by atoms with Gasteiger partial charge in [0.2, 0.25) is 0 Å². The molecule has 0 radical (unpaired) electrons. The van der Waals surface area contributed by atoms with Crippen LogP contribution >= 0.6 is 11.6 Å². The van der Waals surface area contributed by atoms with Gasteiger partial charge in [0.1, 0.15) is 0 Å². The number of alkyl halides is 1. The highest BCUT2D eigenvalue weighted by Crippen LogP contribution is 2.21. The minimum Gasteiger partial charge on any atom is -0.297 e. The summed E-state index contributed by atoms with van der Waals surface area (Å²) in [6.45, 7) is 5.41. The Bertz CT molecular complexity index is 340. The van der Waals surface area contributed by atoms with E-state index < -0.39 is 0 Å². The molecule has 0 spiro atoms. The molecule has 2 rings (SSSR count). The third-order valence-electron chi connectivity index (χ3n) is 3.22. The van der Waals surface area contributed by atoms with Crippen LogP contribution in [-0.4, -0.2) is 28.9 Å². The lowest BCUT2D eigenvalue weighted by atomic mass is 10.1. The lowest BCUT2D eigenvalue weighted by Gasteiger charge is -2.15. The molecule has 0 aromatic carbocycles. The van der Waals surface area contributed by atoms with E-state index in [0.717, 1.165) is 30.5 Å². The summed E-state index contributed by atoms with van der Waals surface area (Å²) in [6, 6.07) is 6.25. The first kappa shape index (κ1) is 11.9. The highest BCUT2D eigenvalue weighted by atomic mass is 35.5. The summed E-state index contributed by atoms with van der Waals surface area (Å²) in [4.78, 5) is 7.03. The van der Waals surface area contributed by atoms with Crippen LogP contribution in [0.15, 0.2) is 18.2 Å². The van der Waals surface area contributed by atoms with Crippen molar-refractivity contribution in [2.45, 2.75) is 26.3 Å². The van der Waals surface area contributed by atoms with Crippen molar-refractivity contribution in [2.24, 2.45) is 5.92 Å². The lowest BCUT2D eigenvalue weighted by molar-refractivity contribution is 0.311. The van der Waals surface area contributed by atoms with Crippen molar-refractivity contribution < 1.29 is 0 Å². The number of hydrogen-bond donors (Lipinski definition) is 0. The van der Waals surface area contributed by atoms with Crippen LogP contribution < -0.4 is 0 Å². The van der Waals surface area contributed by atoms with Gasteiger partial charge in [0, 0.05) is 24.7 Å². The van der Waals surface area contributed by atoms with Crippen LogP contribution in [-0.2, 0) is 6.54 Å². The molecule has 1 aromatic heterocycles. The van der Waals surface area contributed by atoms with Crippen molar-refractivity contribution in [3.05, 3.63) is 29.6 Å². The molecule has 0 N–H and O–H groups in total. The van der Waals surface area contributed by atoms with E-state index in [0.29, 0.717) is 0 Å². The van der Waals surface area contributed by atoms with Crippen molar-refractivity contribution in [2.75, 3.05) is 19.0 Å². The number of nitrogens with zero attached hydrogens (tertiary/aromatic N) is 2. The van der Waals surface area contributed by atoms with Gasteiger partial charge in [0.05, 0.1) is 5.69 Å². The minimum atomic E-state index is 0.793. The van der Waals surface area contributed by atoms with E-state index >= 15 is 0 Å². The van der Waals surface area contributed by atoms with Gasteiger partial charge in [-0.3, -0.25) is 9.88 Å². The fraction of sp³-hybridized carbons (Fsp3) is 0.615. The zero-order valence-corrected chi connectivity index (χ0v) is 10.6. The Labute approximate surface area is 103 Å². The molecule has 1 saturated heterocycles. The molecule has 0 amide bonds. The predicted molar refractivity (Wildman–Crippen MR) is 67.7 cm³/mol. The second-order valence-electron chi connectivity index (χ2n) is 4.64. The predicted octanol–water partition coefficient (Wildman–Crippen LogP) is 2.84. The van der Waals surface area contributed by atoms with E-state index in [-0.39, 0.29) is 0 Å². The van der Waals surface area contributed by atoms with Gasteiger partial charge in [-0.15, -0.1) is 11.6 Å². The summed E-state index contributed by atoms with van der Waals surface area (Å²) in [7, 11) is 0. The molecular formula is C13H19ClN2. The van der Waals surface area contributed by atoms with E-state index in [4.69, 9.17) is 11.6 Å². The Balaban J connectivity index is 1.87. The van der Waals surface area contributed by atoms with Crippen LogP contribution in [0.3, 0.4) is 0 Å². The minimum absolute atomic E-state index is 0.793.